The molecule has 1 unspecified atom stereocenters. The van der Waals surface area contributed by atoms with Crippen molar-refractivity contribution in [2.24, 2.45) is 5.73 Å². The van der Waals surface area contributed by atoms with Crippen molar-refractivity contribution in [3.63, 3.8) is 0 Å². The van der Waals surface area contributed by atoms with Crippen LogP contribution in [0.4, 0.5) is 5.82 Å². The molecule has 0 saturated carbocycles. The first-order chi connectivity index (χ1) is 7.29. The molecule has 1 aliphatic rings. The number of morpholine rings is 1. The summed E-state index contributed by atoms with van der Waals surface area (Å²) in [6, 6.07) is 1.92. The lowest BCUT2D eigenvalue weighted by Gasteiger charge is -2.33. The number of nitrogens with two attached hydrogens (primary N) is 1. The first-order valence-corrected chi connectivity index (χ1v) is 5.16. The fourth-order valence-electron chi connectivity index (χ4n) is 1.69. The molecule has 1 aliphatic heterocycles. The van der Waals surface area contributed by atoms with Crippen LogP contribution in [-0.4, -0.2) is 42.3 Å². The third-order valence-electron chi connectivity index (χ3n) is 2.49. The predicted octanol–water partition coefficient (Wildman–Crippen LogP) is -0.0511. The minimum Gasteiger partial charge on any atom is -0.373 e. The second-order valence-electron chi connectivity index (χ2n) is 3.64. The molecule has 1 atom stereocenters. The molecule has 2 heterocycles. The normalized spacial score (nSPS) is 21.7. The highest BCUT2D eigenvalue weighted by Crippen LogP contribution is 2.13. The molecule has 1 fully saturated rings. The van der Waals surface area contributed by atoms with Crippen LogP contribution in [0.5, 0.6) is 0 Å². The van der Waals surface area contributed by atoms with E-state index in [1.54, 1.807) is 6.20 Å². The molecule has 1 aromatic heterocycles. The molecule has 1 aromatic rings. The number of aromatic nitrogens is 2. The Balaban J connectivity index is 2.09. The van der Waals surface area contributed by atoms with Gasteiger partial charge < -0.3 is 15.4 Å². The molecule has 0 amide bonds. The van der Waals surface area contributed by atoms with Gasteiger partial charge in [-0.2, -0.15) is 0 Å². The molecule has 5 heteroatoms. The van der Waals surface area contributed by atoms with Gasteiger partial charge in [-0.05, 0) is 13.0 Å². The molecule has 5 nitrogen and oxygen atoms in total. The van der Waals surface area contributed by atoms with E-state index in [0.29, 0.717) is 13.2 Å². The van der Waals surface area contributed by atoms with Crippen LogP contribution in [0.25, 0.3) is 0 Å². The first kappa shape index (κ1) is 10.3. The maximum absolute atomic E-state index is 5.59. The van der Waals surface area contributed by atoms with E-state index in [4.69, 9.17) is 10.5 Å². The van der Waals surface area contributed by atoms with Gasteiger partial charge in [0.1, 0.15) is 11.6 Å². The van der Waals surface area contributed by atoms with Crippen LogP contribution in [0.3, 0.4) is 0 Å². The molecule has 2 N–H and O–H groups in total. The van der Waals surface area contributed by atoms with E-state index < -0.39 is 0 Å². The lowest BCUT2D eigenvalue weighted by Crippen LogP contribution is -2.46. The van der Waals surface area contributed by atoms with Crippen molar-refractivity contribution in [3.8, 4) is 0 Å². The molecule has 0 spiro atoms. The van der Waals surface area contributed by atoms with Gasteiger partial charge in [-0.15, -0.1) is 0 Å². The molecular weight excluding hydrogens is 192 g/mol. The lowest BCUT2D eigenvalue weighted by atomic mass is 10.2. The Labute approximate surface area is 89.3 Å². The van der Waals surface area contributed by atoms with Crippen molar-refractivity contribution in [2.45, 2.75) is 13.0 Å². The van der Waals surface area contributed by atoms with Crippen molar-refractivity contribution < 1.29 is 4.74 Å². The minimum absolute atomic E-state index is 0.119. The van der Waals surface area contributed by atoms with Gasteiger partial charge in [-0.1, -0.05) is 0 Å². The zero-order valence-corrected chi connectivity index (χ0v) is 8.89. The topological polar surface area (TPSA) is 64.3 Å². The lowest BCUT2D eigenvalue weighted by molar-refractivity contribution is 0.0463. The number of hydrogen-bond donors (Lipinski definition) is 1. The van der Waals surface area contributed by atoms with Gasteiger partial charge in [0, 0.05) is 25.8 Å². The Morgan fingerprint density at radius 1 is 1.67 bits per heavy atom. The summed E-state index contributed by atoms with van der Waals surface area (Å²) >= 11 is 0. The van der Waals surface area contributed by atoms with Crippen LogP contribution in [0.15, 0.2) is 12.3 Å². The average Bonchev–Trinajstić information content (AvgIpc) is 2.29. The number of anilines is 1. The highest BCUT2D eigenvalue weighted by molar-refractivity contribution is 5.38. The van der Waals surface area contributed by atoms with Gasteiger partial charge in [0.15, 0.2) is 0 Å². The Morgan fingerprint density at radius 2 is 2.53 bits per heavy atom. The summed E-state index contributed by atoms with van der Waals surface area (Å²) in [7, 11) is 0. The summed E-state index contributed by atoms with van der Waals surface area (Å²) < 4.78 is 5.50. The van der Waals surface area contributed by atoms with Gasteiger partial charge in [0.2, 0.25) is 0 Å². The third-order valence-corrected chi connectivity index (χ3v) is 2.49. The first-order valence-electron chi connectivity index (χ1n) is 5.16. The zero-order chi connectivity index (χ0) is 10.7. The summed E-state index contributed by atoms with van der Waals surface area (Å²) in [6.45, 7) is 4.84. The zero-order valence-electron chi connectivity index (χ0n) is 8.89. The van der Waals surface area contributed by atoms with Crippen molar-refractivity contribution in [2.75, 3.05) is 31.1 Å². The number of rotatable bonds is 2. The molecular formula is C10H16N4O. The minimum atomic E-state index is 0.119. The third kappa shape index (κ3) is 2.43. The average molecular weight is 208 g/mol. The maximum Gasteiger partial charge on any atom is 0.132 e. The summed E-state index contributed by atoms with van der Waals surface area (Å²) in [6.07, 6.45) is 1.90. The number of hydrogen-bond acceptors (Lipinski definition) is 5. The van der Waals surface area contributed by atoms with Crippen molar-refractivity contribution >= 4 is 5.82 Å². The van der Waals surface area contributed by atoms with Gasteiger partial charge in [0.25, 0.3) is 0 Å². The van der Waals surface area contributed by atoms with Gasteiger partial charge in [-0.3, -0.25) is 0 Å². The summed E-state index contributed by atoms with van der Waals surface area (Å²) in [4.78, 5) is 10.7. The molecule has 2 rings (SSSR count). The Morgan fingerprint density at radius 3 is 3.27 bits per heavy atom. The fraction of sp³-hybridized carbons (Fsp3) is 0.600. The van der Waals surface area contributed by atoms with E-state index in [-0.39, 0.29) is 6.10 Å². The Bertz CT molecular complexity index is 331. The number of ether oxygens (including phenoxy) is 1. The molecule has 1 saturated heterocycles. The van der Waals surface area contributed by atoms with E-state index in [9.17, 15) is 0 Å². The standard InChI is InChI=1S/C10H16N4O/c1-8-12-3-2-10(13-8)14-4-5-15-9(6-11)7-14/h2-3,9H,4-7,11H2,1H3. The molecule has 0 bridgehead atoms. The van der Waals surface area contributed by atoms with Crippen LogP contribution in [0.2, 0.25) is 0 Å². The molecule has 15 heavy (non-hydrogen) atoms. The van der Waals surface area contributed by atoms with E-state index >= 15 is 0 Å². The van der Waals surface area contributed by atoms with Crippen LogP contribution in [-0.2, 0) is 4.74 Å². The van der Waals surface area contributed by atoms with Crippen LogP contribution in [0.1, 0.15) is 5.82 Å². The SMILES string of the molecule is Cc1nccc(N2CCOC(CN)C2)n1. The van der Waals surface area contributed by atoms with Crippen LogP contribution >= 0.6 is 0 Å². The summed E-state index contributed by atoms with van der Waals surface area (Å²) in [5.41, 5.74) is 5.59. The van der Waals surface area contributed by atoms with E-state index in [1.807, 2.05) is 13.0 Å². The molecule has 0 aromatic carbocycles. The second-order valence-corrected chi connectivity index (χ2v) is 3.64. The maximum atomic E-state index is 5.59. The van der Waals surface area contributed by atoms with E-state index in [0.717, 1.165) is 24.7 Å². The van der Waals surface area contributed by atoms with Crippen molar-refractivity contribution in [1.29, 1.82) is 0 Å². The fourth-order valence-corrected chi connectivity index (χ4v) is 1.69. The predicted molar refractivity (Wildman–Crippen MR) is 57.8 cm³/mol. The van der Waals surface area contributed by atoms with Crippen molar-refractivity contribution in [1.82, 2.24) is 9.97 Å². The summed E-state index contributed by atoms with van der Waals surface area (Å²) in [5.74, 6) is 1.76. The van der Waals surface area contributed by atoms with E-state index in [1.165, 1.54) is 0 Å². The quantitative estimate of drug-likeness (QED) is 0.738. The molecule has 0 radical (unpaired) electrons. The van der Waals surface area contributed by atoms with Crippen LogP contribution in [0, 0.1) is 6.92 Å². The van der Waals surface area contributed by atoms with Gasteiger partial charge in [0.05, 0.1) is 12.7 Å². The molecule has 0 aliphatic carbocycles. The van der Waals surface area contributed by atoms with Gasteiger partial charge >= 0.3 is 0 Å². The Hall–Kier alpha value is -1.20. The number of nitrogens with zero attached hydrogens (tertiary/aromatic N) is 3. The van der Waals surface area contributed by atoms with Crippen LogP contribution < -0.4 is 10.6 Å². The highest BCUT2D eigenvalue weighted by Gasteiger charge is 2.20. The van der Waals surface area contributed by atoms with Gasteiger partial charge in [-0.25, -0.2) is 9.97 Å². The highest BCUT2D eigenvalue weighted by atomic mass is 16.5. The smallest absolute Gasteiger partial charge is 0.132 e. The largest absolute Gasteiger partial charge is 0.373 e. The molecule has 82 valence electrons. The monoisotopic (exact) mass is 208 g/mol. The van der Waals surface area contributed by atoms with E-state index in [2.05, 4.69) is 14.9 Å². The summed E-state index contributed by atoms with van der Waals surface area (Å²) in [5, 5.41) is 0. The Kier molecular flexibility index (Phi) is 3.13. The number of aryl methyl sites for hydroxylation is 1. The van der Waals surface area contributed by atoms with Crippen molar-refractivity contribution in [3.05, 3.63) is 18.1 Å². The second kappa shape index (κ2) is 4.55.